The predicted molar refractivity (Wildman–Crippen MR) is 83.6 cm³/mol. The fourth-order valence-corrected chi connectivity index (χ4v) is 2.09. The molecule has 5 N–H and O–H groups in total. The Labute approximate surface area is 132 Å². The van der Waals surface area contributed by atoms with Gasteiger partial charge in [-0.1, -0.05) is 29.8 Å². The Balaban J connectivity index is 1.87. The smallest absolute Gasteiger partial charge is 0.319 e. The molecule has 0 spiro atoms. The van der Waals surface area contributed by atoms with Crippen LogP contribution in [0.2, 0.25) is 5.02 Å². The van der Waals surface area contributed by atoms with E-state index >= 15 is 0 Å². The summed E-state index contributed by atoms with van der Waals surface area (Å²) in [5, 5.41) is 33.6. The molecule has 0 bridgehead atoms. The number of carbonyl (C=O) groups is 1. The first-order valence-corrected chi connectivity index (χ1v) is 6.88. The summed E-state index contributed by atoms with van der Waals surface area (Å²) in [4.78, 5) is 11.7. The summed E-state index contributed by atoms with van der Waals surface area (Å²) in [5.41, 5.74) is 1.08. The Kier molecular flexibility index (Phi) is 4.95. The highest BCUT2D eigenvalue weighted by molar-refractivity contribution is 6.31. The van der Waals surface area contributed by atoms with E-state index in [0.717, 1.165) is 17.7 Å². The van der Waals surface area contributed by atoms with E-state index in [1.807, 2.05) is 18.2 Å². The van der Waals surface area contributed by atoms with E-state index in [1.165, 1.54) is 0 Å². The van der Waals surface area contributed by atoms with Crippen LogP contribution in [0.1, 0.15) is 5.56 Å². The first-order valence-electron chi connectivity index (χ1n) is 6.50. The minimum atomic E-state index is -0.635. The number of rotatable bonds is 4. The van der Waals surface area contributed by atoms with Crippen LogP contribution in [0.15, 0.2) is 36.4 Å². The topological polar surface area (TPSA) is 102 Å². The second-order valence-corrected chi connectivity index (χ2v) is 4.99. The number of amides is 2. The lowest BCUT2D eigenvalue weighted by atomic mass is 10.1. The van der Waals surface area contributed by atoms with E-state index in [9.17, 15) is 20.1 Å². The van der Waals surface area contributed by atoms with Crippen molar-refractivity contribution in [2.75, 3.05) is 11.9 Å². The molecule has 6 nitrogen and oxygen atoms in total. The Bertz CT molecular complexity index is 668. The van der Waals surface area contributed by atoms with Crippen molar-refractivity contribution in [3.8, 4) is 17.2 Å². The van der Waals surface area contributed by atoms with Crippen LogP contribution < -0.4 is 10.6 Å². The van der Waals surface area contributed by atoms with Crippen LogP contribution >= 0.6 is 11.6 Å². The molecule has 0 saturated heterocycles. The zero-order valence-electron chi connectivity index (χ0n) is 11.5. The molecule has 2 amide bonds. The van der Waals surface area contributed by atoms with Crippen molar-refractivity contribution in [1.82, 2.24) is 5.32 Å². The summed E-state index contributed by atoms with van der Waals surface area (Å²) in [6.45, 7) is 0.367. The summed E-state index contributed by atoms with van der Waals surface area (Å²) in [7, 11) is 0. The van der Waals surface area contributed by atoms with Crippen molar-refractivity contribution in [3.05, 3.63) is 47.0 Å². The number of nitrogens with one attached hydrogen (secondary N) is 2. The summed E-state index contributed by atoms with van der Waals surface area (Å²) < 4.78 is 0. The molecular weight excluding hydrogens is 308 g/mol. The number of anilines is 1. The molecule has 0 fully saturated rings. The Morgan fingerprint density at radius 1 is 1.09 bits per heavy atom. The number of aromatic hydroxyl groups is 3. The molecule has 0 aliphatic rings. The zero-order valence-corrected chi connectivity index (χ0v) is 12.3. The maximum Gasteiger partial charge on any atom is 0.319 e. The predicted octanol–water partition coefficient (Wildman–Crippen LogP) is 2.82. The van der Waals surface area contributed by atoms with Gasteiger partial charge in [0.1, 0.15) is 0 Å². The summed E-state index contributed by atoms with van der Waals surface area (Å²) in [6.07, 6.45) is 0.569. The van der Waals surface area contributed by atoms with Gasteiger partial charge in [0.2, 0.25) is 0 Å². The van der Waals surface area contributed by atoms with Gasteiger partial charge in [-0.25, -0.2) is 4.79 Å². The van der Waals surface area contributed by atoms with Crippen LogP contribution in [0.25, 0.3) is 0 Å². The lowest BCUT2D eigenvalue weighted by Crippen LogP contribution is -2.30. The van der Waals surface area contributed by atoms with Gasteiger partial charge in [0, 0.05) is 23.7 Å². The number of phenolic OH excluding ortho intramolecular Hbond substituents is 3. The SMILES string of the molecule is O=C(NCCc1ccccc1Cl)Nc1cc(O)c(O)c(O)c1. The normalized spacial score (nSPS) is 10.2. The first-order chi connectivity index (χ1) is 10.5. The average molecular weight is 323 g/mol. The molecule has 0 atom stereocenters. The molecule has 0 radical (unpaired) electrons. The van der Waals surface area contributed by atoms with Gasteiger partial charge < -0.3 is 26.0 Å². The summed E-state index contributed by atoms with van der Waals surface area (Å²) >= 11 is 6.01. The molecule has 2 aromatic rings. The number of hydrogen-bond acceptors (Lipinski definition) is 4. The minimum Gasteiger partial charge on any atom is -0.504 e. The first kappa shape index (κ1) is 15.8. The number of carbonyl (C=O) groups excluding carboxylic acids is 1. The van der Waals surface area contributed by atoms with Crippen molar-refractivity contribution in [3.63, 3.8) is 0 Å². The average Bonchev–Trinajstić information content (AvgIpc) is 2.46. The highest BCUT2D eigenvalue weighted by Gasteiger charge is 2.10. The van der Waals surface area contributed by atoms with E-state index in [-0.39, 0.29) is 5.69 Å². The maximum absolute atomic E-state index is 11.7. The van der Waals surface area contributed by atoms with Gasteiger partial charge in [-0.15, -0.1) is 0 Å². The molecule has 2 aromatic carbocycles. The van der Waals surface area contributed by atoms with E-state index in [0.29, 0.717) is 18.0 Å². The highest BCUT2D eigenvalue weighted by atomic mass is 35.5. The third-order valence-electron chi connectivity index (χ3n) is 2.97. The summed E-state index contributed by atoms with van der Waals surface area (Å²) in [6, 6.07) is 9.10. The molecule has 2 rings (SSSR count). The number of phenols is 3. The third-order valence-corrected chi connectivity index (χ3v) is 3.33. The second-order valence-electron chi connectivity index (χ2n) is 4.59. The molecule has 22 heavy (non-hydrogen) atoms. The molecule has 0 heterocycles. The van der Waals surface area contributed by atoms with E-state index in [1.54, 1.807) is 6.07 Å². The Hall–Kier alpha value is -2.60. The van der Waals surface area contributed by atoms with Crippen LogP contribution in [-0.4, -0.2) is 27.9 Å². The molecule has 0 aromatic heterocycles. The van der Waals surface area contributed by atoms with Gasteiger partial charge in [0.15, 0.2) is 17.2 Å². The fraction of sp³-hybridized carbons (Fsp3) is 0.133. The molecule has 116 valence electrons. The van der Waals surface area contributed by atoms with Gasteiger partial charge in [0.05, 0.1) is 5.69 Å². The largest absolute Gasteiger partial charge is 0.504 e. The third kappa shape index (κ3) is 3.95. The van der Waals surface area contributed by atoms with E-state index in [4.69, 9.17) is 11.6 Å². The number of urea groups is 1. The van der Waals surface area contributed by atoms with Crippen molar-refractivity contribution < 1.29 is 20.1 Å². The molecule has 0 unspecified atom stereocenters. The number of halogens is 1. The quantitative estimate of drug-likeness (QED) is 0.441. The van der Waals surface area contributed by atoms with E-state index in [2.05, 4.69) is 10.6 Å². The molecule has 0 aliphatic heterocycles. The molecule has 0 saturated carbocycles. The molecular formula is C15H15ClN2O4. The van der Waals surface area contributed by atoms with Crippen LogP contribution in [0, 0.1) is 0 Å². The standard InChI is InChI=1S/C15H15ClN2O4/c16-11-4-2-1-3-9(11)5-6-17-15(22)18-10-7-12(19)14(21)13(20)8-10/h1-4,7-8,19-21H,5-6H2,(H2,17,18,22). The van der Waals surface area contributed by atoms with E-state index < -0.39 is 23.3 Å². The van der Waals surface area contributed by atoms with Gasteiger partial charge in [-0.2, -0.15) is 0 Å². The van der Waals surface area contributed by atoms with Crippen molar-refractivity contribution in [2.24, 2.45) is 0 Å². The lowest BCUT2D eigenvalue weighted by Gasteiger charge is -2.10. The number of hydrogen-bond donors (Lipinski definition) is 5. The van der Waals surface area contributed by atoms with Gasteiger partial charge in [0.25, 0.3) is 0 Å². The molecule has 7 heteroatoms. The zero-order chi connectivity index (χ0) is 16.1. The summed E-state index contributed by atoms with van der Waals surface area (Å²) in [5.74, 6) is -1.68. The van der Waals surface area contributed by atoms with Gasteiger partial charge >= 0.3 is 6.03 Å². The van der Waals surface area contributed by atoms with Crippen LogP contribution in [0.5, 0.6) is 17.2 Å². The highest BCUT2D eigenvalue weighted by Crippen LogP contribution is 2.37. The lowest BCUT2D eigenvalue weighted by molar-refractivity contribution is 0.252. The fourth-order valence-electron chi connectivity index (χ4n) is 1.86. The monoisotopic (exact) mass is 322 g/mol. The number of benzene rings is 2. The second kappa shape index (κ2) is 6.91. The maximum atomic E-state index is 11.7. The minimum absolute atomic E-state index is 0.156. The molecule has 0 aliphatic carbocycles. The van der Waals surface area contributed by atoms with Crippen LogP contribution in [0.4, 0.5) is 10.5 Å². The van der Waals surface area contributed by atoms with Crippen molar-refractivity contribution in [2.45, 2.75) is 6.42 Å². The Morgan fingerprint density at radius 2 is 1.73 bits per heavy atom. The van der Waals surface area contributed by atoms with Gasteiger partial charge in [-0.05, 0) is 18.1 Å². The van der Waals surface area contributed by atoms with Crippen molar-refractivity contribution in [1.29, 1.82) is 0 Å². The van der Waals surface area contributed by atoms with Crippen LogP contribution in [-0.2, 0) is 6.42 Å². The van der Waals surface area contributed by atoms with Gasteiger partial charge in [-0.3, -0.25) is 0 Å². The van der Waals surface area contributed by atoms with Crippen molar-refractivity contribution >= 4 is 23.3 Å². The van der Waals surface area contributed by atoms with Crippen LogP contribution in [0.3, 0.4) is 0 Å². The Morgan fingerprint density at radius 3 is 2.36 bits per heavy atom.